The van der Waals surface area contributed by atoms with Crippen molar-refractivity contribution in [2.24, 2.45) is 0 Å². The molecule has 1 heterocycles. The van der Waals surface area contributed by atoms with Crippen molar-refractivity contribution in [3.8, 4) is 0 Å². The summed E-state index contributed by atoms with van der Waals surface area (Å²) in [6, 6.07) is 0. The maximum absolute atomic E-state index is 11.4. The summed E-state index contributed by atoms with van der Waals surface area (Å²) in [6.45, 7) is -0.141. The maximum Gasteiger partial charge on any atom is 0.329 e. The van der Waals surface area contributed by atoms with E-state index in [9.17, 15) is 19.2 Å². The molecule has 104 valence electrons. The number of carbonyl (C=O) groups is 4. The zero-order valence-electron chi connectivity index (χ0n) is 10.1. The molecule has 1 aliphatic heterocycles. The van der Waals surface area contributed by atoms with Gasteiger partial charge in [0, 0.05) is 31.7 Å². The molecule has 1 rings (SSSR count). The highest BCUT2D eigenvalue weighted by Crippen LogP contribution is 2.03. The number of aliphatic carboxylic acids is 1. The third-order valence-electron chi connectivity index (χ3n) is 2.26. The Morgan fingerprint density at radius 2 is 1.89 bits per heavy atom. The fourth-order valence-electron chi connectivity index (χ4n) is 1.38. The Labute approximate surface area is 109 Å². The second kappa shape index (κ2) is 7.27. The summed E-state index contributed by atoms with van der Waals surface area (Å²) in [5.74, 6) is -2.28. The zero-order valence-corrected chi connectivity index (χ0v) is 10.1. The molecule has 8 heteroatoms. The van der Waals surface area contributed by atoms with Crippen LogP contribution >= 0.6 is 0 Å². The van der Waals surface area contributed by atoms with Crippen molar-refractivity contribution >= 4 is 23.7 Å². The predicted molar refractivity (Wildman–Crippen MR) is 61.9 cm³/mol. The van der Waals surface area contributed by atoms with Crippen LogP contribution < -0.4 is 5.32 Å². The lowest BCUT2D eigenvalue weighted by Gasteiger charge is -2.13. The second-order valence-corrected chi connectivity index (χ2v) is 3.71. The molecule has 1 aliphatic rings. The largest absolute Gasteiger partial charge is 0.480 e. The van der Waals surface area contributed by atoms with E-state index >= 15 is 0 Å². The Kier molecular flexibility index (Phi) is 5.68. The summed E-state index contributed by atoms with van der Waals surface area (Å²) in [7, 11) is 0. The van der Waals surface area contributed by atoms with Gasteiger partial charge in [-0.25, -0.2) is 4.79 Å². The number of carboxylic acid groups (broad SMARTS) is 1. The van der Waals surface area contributed by atoms with Gasteiger partial charge in [-0.1, -0.05) is 0 Å². The van der Waals surface area contributed by atoms with Crippen LogP contribution in [-0.2, 0) is 23.9 Å². The van der Waals surface area contributed by atoms with Crippen molar-refractivity contribution in [3.05, 3.63) is 12.2 Å². The minimum atomic E-state index is -1.08. The Hall–Kier alpha value is -2.22. The first kappa shape index (κ1) is 14.8. The van der Waals surface area contributed by atoms with Crippen LogP contribution in [0, 0.1) is 0 Å². The summed E-state index contributed by atoms with van der Waals surface area (Å²) in [5.41, 5.74) is 0. The van der Waals surface area contributed by atoms with Gasteiger partial charge in [-0.2, -0.15) is 0 Å². The quantitative estimate of drug-likeness (QED) is 0.411. The van der Waals surface area contributed by atoms with Crippen LogP contribution in [0.4, 0.5) is 0 Å². The summed E-state index contributed by atoms with van der Waals surface area (Å²) in [4.78, 5) is 44.8. The van der Waals surface area contributed by atoms with Crippen LogP contribution in [0.25, 0.3) is 0 Å². The Bertz CT molecular complexity index is 399. The molecule has 0 fully saturated rings. The molecule has 3 amide bonds. The average molecular weight is 270 g/mol. The van der Waals surface area contributed by atoms with E-state index in [1.807, 2.05) is 0 Å². The summed E-state index contributed by atoms with van der Waals surface area (Å²) >= 11 is 0. The van der Waals surface area contributed by atoms with Gasteiger partial charge >= 0.3 is 5.97 Å². The SMILES string of the molecule is O=C(O)COCCNC(=O)CCN1C(=O)C=CC1=O. The standard InChI is InChI=1S/C11H14N2O6/c14-8(12-4-6-19-7-11(17)18)3-5-13-9(15)1-2-10(13)16/h1-2H,3-7H2,(H,12,14)(H,17,18). The van der Waals surface area contributed by atoms with Gasteiger partial charge in [0.05, 0.1) is 6.61 Å². The van der Waals surface area contributed by atoms with Gasteiger partial charge in [0.15, 0.2) is 0 Å². The van der Waals surface area contributed by atoms with Gasteiger partial charge in [-0.05, 0) is 0 Å². The normalized spacial score (nSPS) is 14.0. The van der Waals surface area contributed by atoms with E-state index in [1.165, 1.54) is 0 Å². The van der Waals surface area contributed by atoms with Gasteiger partial charge in [-0.15, -0.1) is 0 Å². The highest BCUT2D eigenvalue weighted by Gasteiger charge is 2.23. The van der Waals surface area contributed by atoms with Gasteiger partial charge in [0.25, 0.3) is 11.8 Å². The molecule has 0 saturated heterocycles. The molecule has 0 aromatic heterocycles. The van der Waals surface area contributed by atoms with Crippen molar-refractivity contribution in [2.45, 2.75) is 6.42 Å². The van der Waals surface area contributed by atoms with Crippen molar-refractivity contribution in [1.29, 1.82) is 0 Å². The first-order chi connectivity index (χ1) is 9.00. The van der Waals surface area contributed by atoms with Gasteiger partial charge in [0.1, 0.15) is 6.61 Å². The van der Waals surface area contributed by atoms with E-state index in [4.69, 9.17) is 9.84 Å². The summed E-state index contributed by atoms with van der Waals surface area (Å²) in [6.07, 6.45) is 2.30. The molecule has 0 aliphatic carbocycles. The minimum absolute atomic E-state index is 0.00189. The summed E-state index contributed by atoms with van der Waals surface area (Å²) in [5, 5.41) is 10.8. The topological polar surface area (TPSA) is 113 Å². The maximum atomic E-state index is 11.4. The van der Waals surface area contributed by atoms with E-state index < -0.39 is 24.4 Å². The molecule has 2 N–H and O–H groups in total. The number of hydrogen-bond acceptors (Lipinski definition) is 5. The van der Waals surface area contributed by atoms with E-state index in [0.717, 1.165) is 17.1 Å². The lowest BCUT2D eigenvalue weighted by atomic mass is 10.3. The molecule has 0 aromatic rings. The molecule has 0 saturated carbocycles. The fourth-order valence-corrected chi connectivity index (χ4v) is 1.38. The lowest BCUT2D eigenvalue weighted by molar-refractivity contribution is -0.142. The number of amides is 3. The van der Waals surface area contributed by atoms with Gasteiger partial charge in [-0.3, -0.25) is 19.3 Å². The highest BCUT2D eigenvalue weighted by atomic mass is 16.5. The van der Waals surface area contributed by atoms with Crippen LogP contribution in [0.15, 0.2) is 12.2 Å². The van der Waals surface area contributed by atoms with Crippen LogP contribution in [0.3, 0.4) is 0 Å². The van der Waals surface area contributed by atoms with E-state index in [2.05, 4.69) is 5.32 Å². The number of imide groups is 1. The Balaban J connectivity index is 2.10. The number of carbonyl (C=O) groups excluding carboxylic acids is 3. The van der Waals surface area contributed by atoms with Crippen LogP contribution in [-0.4, -0.2) is 60.0 Å². The first-order valence-corrected chi connectivity index (χ1v) is 5.60. The smallest absolute Gasteiger partial charge is 0.329 e. The Morgan fingerprint density at radius 3 is 2.47 bits per heavy atom. The first-order valence-electron chi connectivity index (χ1n) is 5.60. The van der Waals surface area contributed by atoms with Crippen LogP contribution in [0.2, 0.25) is 0 Å². The Morgan fingerprint density at radius 1 is 1.26 bits per heavy atom. The fraction of sp³-hybridized carbons (Fsp3) is 0.455. The van der Waals surface area contributed by atoms with Crippen molar-refractivity contribution in [2.75, 3.05) is 26.3 Å². The van der Waals surface area contributed by atoms with Crippen molar-refractivity contribution in [1.82, 2.24) is 10.2 Å². The van der Waals surface area contributed by atoms with Crippen LogP contribution in [0.1, 0.15) is 6.42 Å². The molecule has 0 bridgehead atoms. The monoisotopic (exact) mass is 270 g/mol. The van der Waals surface area contributed by atoms with Crippen molar-refractivity contribution < 1.29 is 29.0 Å². The number of nitrogens with one attached hydrogen (secondary N) is 1. The molecule has 8 nitrogen and oxygen atoms in total. The molecule has 0 aromatic carbocycles. The minimum Gasteiger partial charge on any atom is -0.480 e. The molecule has 0 unspecified atom stereocenters. The zero-order chi connectivity index (χ0) is 14.3. The van der Waals surface area contributed by atoms with E-state index in [1.54, 1.807) is 0 Å². The average Bonchev–Trinajstić information content (AvgIpc) is 2.66. The molecule has 0 radical (unpaired) electrons. The molecule has 0 spiro atoms. The number of hydrogen-bond donors (Lipinski definition) is 2. The van der Waals surface area contributed by atoms with Crippen molar-refractivity contribution in [3.63, 3.8) is 0 Å². The third kappa shape index (κ3) is 5.30. The van der Waals surface area contributed by atoms with Gasteiger partial charge < -0.3 is 15.2 Å². The lowest BCUT2D eigenvalue weighted by Crippen LogP contribution is -2.35. The van der Waals surface area contributed by atoms with Gasteiger partial charge in [0.2, 0.25) is 5.91 Å². The highest BCUT2D eigenvalue weighted by molar-refractivity contribution is 6.13. The molecule has 0 atom stereocenters. The number of nitrogens with zero attached hydrogens (tertiary/aromatic N) is 1. The second-order valence-electron chi connectivity index (χ2n) is 3.71. The molecular formula is C11H14N2O6. The number of rotatable bonds is 8. The van der Waals surface area contributed by atoms with E-state index in [0.29, 0.717) is 0 Å². The third-order valence-corrected chi connectivity index (χ3v) is 2.26. The predicted octanol–water partition coefficient (Wildman–Crippen LogP) is -1.48. The number of ether oxygens (including phenoxy) is 1. The molecular weight excluding hydrogens is 256 g/mol. The number of carboxylic acids is 1. The summed E-state index contributed by atoms with van der Waals surface area (Å²) < 4.78 is 4.71. The van der Waals surface area contributed by atoms with E-state index in [-0.39, 0.29) is 32.0 Å². The molecule has 19 heavy (non-hydrogen) atoms. The van der Waals surface area contributed by atoms with Crippen LogP contribution in [0.5, 0.6) is 0 Å².